The molecule has 7 nitrogen and oxygen atoms in total. The smallest absolute Gasteiger partial charge is 0.257 e. The summed E-state index contributed by atoms with van der Waals surface area (Å²) < 4.78 is 12.8. The van der Waals surface area contributed by atoms with Crippen molar-refractivity contribution in [2.45, 2.75) is 33.4 Å². The third-order valence-electron chi connectivity index (χ3n) is 5.27. The fourth-order valence-corrected chi connectivity index (χ4v) is 3.52. The summed E-state index contributed by atoms with van der Waals surface area (Å²) >= 11 is 0. The van der Waals surface area contributed by atoms with Crippen LogP contribution in [0.1, 0.15) is 46.0 Å². The molecule has 1 aliphatic heterocycles. The molecule has 2 aromatic heterocycles. The molecule has 2 aromatic rings. The Morgan fingerprint density at radius 2 is 2.04 bits per heavy atom. The number of morpholine rings is 1. The lowest BCUT2D eigenvalue weighted by Gasteiger charge is -2.25. The van der Waals surface area contributed by atoms with E-state index in [1.807, 2.05) is 45.6 Å². The van der Waals surface area contributed by atoms with Crippen LogP contribution in [0.3, 0.4) is 0 Å². The van der Waals surface area contributed by atoms with Gasteiger partial charge in [0.25, 0.3) is 5.91 Å². The second-order valence-electron chi connectivity index (χ2n) is 6.99. The highest BCUT2D eigenvalue weighted by molar-refractivity contribution is 5.94. The number of amides is 1. The third-order valence-corrected chi connectivity index (χ3v) is 5.27. The lowest BCUT2D eigenvalue weighted by molar-refractivity contribution is 0.0313. The number of furan rings is 1. The van der Waals surface area contributed by atoms with Crippen molar-refractivity contribution in [3.63, 3.8) is 0 Å². The minimum absolute atomic E-state index is 0.0443. The summed E-state index contributed by atoms with van der Waals surface area (Å²) in [7, 11) is 3.75. The van der Waals surface area contributed by atoms with E-state index in [0.29, 0.717) is 12.1 Å². The summed E-state index contributed by atoms with van der Waals surface area (Å²) in [6.07, 6.45) is 1.56. The number of hydrogen-bond donors (Lipinski definition) is 0. The van der Waals surface area contributed by atoms with Crippen molar-refractivity contribution in [3.8, 4) is 0 Å². The first-order chi connectivity index (χ1) is 12.4. The molecule has 3 rings (SSSR count). The number of rotatable bonds is 5. The Balaban J connectivity index is 1.70. The largest absolute Gasteiger partial charge is 0.467 e. The van der Waals surface area contributed by atoms with Gasteiger partial charge in [0.1, 0.15) is 12.0 Å². The van der Waals surface area contributed by atoms with E-state index in [-0.39, 0.29) is 11.9 Å². The van der Waals surface area contributed by atoms with Crippen molar-refractivity contribution >= 4 is 5.91 Å². The summed E-state index contributed by atoms with van der Waals surface area (Å²) in [5.74, 6) is 0.766. The molecule has 1 aliphatic rings. The van der Waals surface area contributed by atoms with E-state index in [1.54, 1.807) is 11.2 Å². The van der Waals surface area contributed by atoms with Gasteiger partial charge in [-0.2, -0.15) is 5.10 Å². The normalized spacial score (nSPS) is 16.7. The van der Waals surface area contributed by atoms with E-state index in [1.165, 1.54) is 0 Å². The number of hydrogen-bond acceptors (Lipinski definition) is 5. The third kappa shape index (κ3) is 3.68. The van der Waals surface area contributed by atoms with Crippen molar-refractivity contribution in [1.82, 2.24) is 19.6 Å². The molecule has 7 heteroatoms. The molecule has 0 spiro atoms. The van der Waals surface area contributed by atoms with Gasteiger partial charge in [0.05, 0.1) is 37.1 Å². The quantitative estimate of drug-likeness (QED) is 0.819. The van der Waals surface area contributed by atoms with Gasteiger partial charge >= 0.3 is 0 Å². The maximum atomic E-state index is 12.9. The number of ether oxygens (including phenoxy) is 1. The molecule has 1 amide bonds. The summed E-state index contributed by atoms with van der Waals surface area (Å²) in [6, 6.07) is 1.79. The van der Waals surface area contributed by atoms with Gasteiger partial charge in [-0.15, -0.1) is 0 Å². The Hall–Kier alpha value is -2.12. The van der Waals surface area contributed by atoms with E-state index in [0.717, 1.165) is 49.0 Å². The van der Waals surface area contributed by atoms with E-state index >= 15 is 0 Å². The van der Waals surface area contributed by atoms with Crippen molar-refractivity contribution in [1.29, 1.82) is 0 Å². The summed E-state index contributed by atoms with van der Waals surface area (Å²) in [6.45, 7) is 10.0. The van der Waals surface area contributed by atoms with Crippen LogP contribution in [0.15, 0.2) is 16.7 Å². The van der Waals surface area contributed by atoms with Crippen molar-refractivity contribution in [3.05, 3.63) is 40.6 Å². The van der Waals surface area contributed by atoms with Crippen LogP contribution in [0.2, 0.25) is 0 Å². The fraction of sp³-hybridized carbons (Fsp3) is 0.579. The minimum atomic E-state index is -0.0613. The van der Waals surface area contributed by atoms with Gasteiger partial charge in [0.15, 0.2) is 0 Å². The van der Waals surface area contributed by atoms with E-state index in [4.69, 9.17) is 9.15 Å². The molecule has 0 N–H and O–H groups in total. The highest BCUT2D eigenvalue weighted by atomic mass is 16.5. The standard InChI is InChI=1S/C19H28N4O3/c1-13-18(15(3)22(5)20-13)14(2)21(4)19(24)16-10-17(26-12-16)11-23-6-8-25-9-7-23/h10,12,14H,6-9,11H2,1-5H3/t14-/m1/s1. The van der Waals surface area contributed by atoms with E-state index in [9.17, 15) is 4.79 Å². The van der Waals surface area contributed by atoms with Gasteiger partial charge in [0.2, 0.25) is 0 Å². The van der Waals surface area contributed by atoms with Gasteiger partial charge in [-0.05, 0) is 26.8 Å². The molecule has 142 valence electrons. The number of carbonyl (C=O) groups excluding carboxylic acids is 1. The zero-order chi connectivity index (χ0) is 18.8. The Morgan fingerprint density at radius 3 is 2.65 bits per heavy atom. The van der Waals surface area contributed by atoms with Gasteiger partial charge in [-0.1, -0.05) is 0 Å². The minimum Gasteiger partial charge on any atom is -0.467 e. The van der Waals surface area contributed by atoms with Crippen LogP contribution in [0.25, 0.3) is 0 Å². The molecule has 1 saturated heterocycles. The average molecular weight is 360 g/mol. The maximum Gasteiger partial charge on any atom is 0.257 e. The fourth-order valence-electron chi connectivity index (χ4n) is 3.52. The van der Waals surface area contributed by atoms with Crippen LogP contribution in [0.5, 0.6) is 0 Å². The number of carbonyl (C=O) groups is 1. The monoisotopic (exact) mass is 360 g/mol. The zero-order valence-corrected chi connectivity index (χ0v) is 16.3. The predicted octanol–water partition coefficient (Wildman–Crippen LogP) is 2.30. The lowest BCUT2D eigenvalue weighted by atomic mass is 10.0. The molecule has 0 saturated carbocycles. The van der Waals surface area contributed by atoms with Crippen LogP contribution in [-0.2, 0) is 18.3 Å². The van der Waals surface area contributed by atoms with Crippen LogP contribution < -0.4 is 0 Å². The molecule has 0 radical (unpaired) electrons. The molecule has 3 heterocycles. The highest BCUT2D eigenvalue weighted by Crippen LogP contribution is 2.27. The second-order valence-corrected chi connectivity index (χ2v) is 6.99. The van der Waals surface area contributed by atoms with Crippen LogP contribution >= 0.6 is 0 Å². The van der Waals surface area contributed by atoms with Crippen LogP contribution in [0.4, 0.5) is 0 Å². The molecule has 1 atom stereocenters. The number of aromatic nitrogens is 2. The Bertz CT molecular complexity index is 774. The Morgan fingerprint density at radius 1 is 1.35 bits per heavy atom. The van der Waals surface area contributed by atoms with Crippen molar-refractivity contribution in [2.24, 2.45) is 7.05 Å². The summed E-state index contributed by atoms with van der Waals surface area (Å²) in [5.41, 5.74) is 3.72. The van der Waals surface area contributed by atoms with Gasteiger partial charge in [-0.25, -0.2) is 0 Å². The molecular weight excluding hydrogens is 332 g/mol. The van der Waals surface area contributed by atoms with Crippen molar-refractivity contribution in [2.75, 3.05) is 33.4 Å². The Kier molecular flexibility index (Phi) is 5.48. The van der Waals surface area contributed by atoms with Gasteiger partial charge in [0, 0.05) is 38.4 Å². The molecule has 0 aromatic carbocycles. The molecule has 1 fully saturated rings. The van der Waals surface area contributed by atoms with Crippen LogP contribution in [-0.4, -0.2) is 58.8 Å². The first-order valence-electron chi connectivity index (χ1n) is 9.03. The summed E-state index contributed by atoms with van der Waals surface area (Å²) in [4.78, 5) is 16.9. The first-order valence-corrected chi connectivity index (χ1v) is 9.03. The van der Waals surface area contributed by atoms with Crippen LogP contribution in [0, 0.1) is 13.8 Å². The Labute approximate surface area is 154 Å². The molecule has 26 heavy (non-hydrogen) atoms. The predicted molar refractivity (Wildman–Crippen MR) is 98.0 cm³/mol. The highest BCUT2D eigenvalue weighted by Gasteiger charge is 2.25. The second kappa shape index (κ2) is 7.63. The van der Waals surface area contributed by atoms with Gasteiger partial charge < -0.3 is 14.1 Å². The topological polar surface area (TPSA) is 63.7 Å². The molecule has 0 unspecified atom stereocenters. The zero-order valence-electron chi connectivity index (χ0n) is 16.3. The maximum absolute atomic E-state index is 12.9. The molecule has 0 aliphatic carbocycles. The number of aryl methyl sites for hydroxylation is 2. The van der Waals surface area contributed by atoms with E-state index in [2.05, 4.69) is 10.00 Å². The lowest BCUT2D eigenvalue weighted by Crippen LogP contribution is -2.35. The SMILES string of the molecule is Cc1nn(C)c(C)c1[C@@H](C)N(C)C(=O)c1coc(CN2CCOCC2)c1. The van der Waals surface area contributed by atoms with Crippen molar-refractivity contribution < 1.29 is 13.9 Å². The molecular formula is C19H28N4O3. The number of nitrogens with zero attached hydrogens (tertiary/aromatic N) is 4. The first kappa shape index (κ1) is 18.7. The molecule has 0 bridgehead atoms. The average Bonchev–Trinajstić information content (AvgIpc) is 3.18. The van der Waals surface area contributed by atoms with Gasteiger partial charge in [-0.3, -0.25) is 14.4 Å². The summed E-state index contributed by atoms with van der Waals surface area (Å²) in [5, 5.41) is 4.46. The van der Waals surface area contributed by atoms with E-state index < -0.39 is 0 Å².